The molecule has 3 rings (SSSR count). The van der Waals surface area contributed by atoms with Crippen molar-refractivity contribution < 1.29 is 23.8 Å². The predicted molar refractivity (Wildman–Crippen MR) is 145 cm³/mol. The Kier molecular flexibility index (Phi) is 9.72. The van der Waals surface area contributed by atoms with Gasteiger partial charge in [0.25, 0.3) is 5.91 Å². The molecule has 196 valence electrons. The van der Waals surface area contributed by atoms with E-state index in [9.17, 15) is 9.59 Å². The Labute approximate surface area is 220 Å². The van der Waals surface area contributed by atoms with E-state index in [2.05, 4.69) is 45.0 Å². The molecule has 0 atom stereocenters. The average molecular weight is 504 g/mol. The van der Waals surface area contributed by atoms with Crippen LogP contribution in [0.2, 0.25) is 0 Å². The van der Waals surface area contributed by atoms with E-state index in [1.165, 1.54) is 12.7 Å². The van der Waals surface area contributed by atoms with Crippen LogP contribution in [0.25, 0.3) is 0 Å². The van der Waals surface area contributed by atoms with E-state index in [1.54, 1.807) is 23.1 Å². The van der Waals surface area contributed by atoms with Crippen LogP contribution in [0.15, 0.2) is 72.8 Å². The highest BCUT2D eigenvalue weighted by Crippen LogP contribution is 2.23. The largest absolute Gasteiger partial charge is 0.492 e. The molecule has 3 aromatic carbocycles. The first kappa shape index (κ1) is 27.8. The molecule has 0 heterocycles. The number of likely N-dealkylation sites (N-methyl/N-ethyl adjacent to an activating group) is 1. The van der Waals surface area contributed by atoms with Crippen LogP contribution in [-0.2, 0) is 27.9 Å². The molecule has 0 radical (unpaired) electrons. The summed E-state index contributed by atoms with van der Waals surface area (Å²) in [6.07, 6.45) is 0.617. The van der Waals surface area contributed by atoms with Crippen LogP contribution < -0.4 is 9.47 Å². The molecular formula is C31H37NO5. The van der Waals surface area contributed by atoms with Gasteiger partial charge in [-0.3, -0.25) is 4.79 Å². The Morgan fingerprint density at radius 3 is 2.27 bits per heavy atom. The second kappa shape index (κ2) is 12.9. The number of esters is 1. The summed E-state index contributed by atoms with van der Waals surface area (Å²) in [7, 11) is 1.35. The van der Waals surface area contributed by atoms with Gasteiger partial charge in [0.1, 0.15) is 17.1 Å². The molecule has 6 heteroatoms. The first-order chi connectivity index (χ1) is 17.7. The maximum Gasteiger partial charge on any atom is 0.341 e. The van der Waals surface area contributed by atoms with E-state index < -0.39 is 5.97 Å². The predicted octanol–water partition coefficient (Wildman–Crippen LogP) is 5.82. The van der Waals surface area contributed by atoms with E-state index in [1.807, 2.05) is 37.3 Å². The van der Waals surface area contributed by atoms with Gasteiger partial charge in [-0.05, 0) is 53.3 Å². The molecule has 0 bridgehead atoms. The van der Waals surface area contributed by atoms with Crippen LogP contribution >= 0.6 is 0 Å². The number of methoxy groups -OCH3 is 1. The van der Waals surface area contributed by atoms with Crippen molar-refractivity contribution in [1.82, 2.24) is 4.90 Å². The summed E-state index contributed by atoms with van der Waals surface area (Å²) in [4.78, 5) is 26.6. The lowest BCUT2D eigenvalue weighted by Crippen LogP contribution is -2.34. The summed E-state index contributed by atoms with van der Waals surface area (Å²) in [5, 5.41) is 0. The topological polar surface area (TPSA) is 65.1 Å². The zero-order valence-corrected chi connectivity index (χ0v) is 22.5. The highest BCUT2D eigenvalue weighted by Gasteiger charge is 2.16. The molecule has 0 spiro atoms. The number of nitrogens with zero attached hydrogens (tertiary/aromatic N) is 1. The average Bonchev–Trinajstić information content (AvgIpc) is 2.90. The molecule has 0 fully saturated rings. The fourth-order valence-electron chi connectivity index (χ4n) is 3.88. The van der Waals surface area contributed by atoms with Gasteiger partial charge in [-0.2, -0.15) is 0 Å². The molecule has 0 aliphatic rings. The lowest BCUT2D eigenvalue weighted by molar-refractivity contribution is -0.133. The van der Waals surface area contributed by atoms with E-state index >= 15 is 0 Å². The summed E-state index contributed by atoms with van der Waals surface area (Å²) < 4.78 is 16.5. The van der Waals surface area contributed by atoms with Gasteiger partial charge >= 0.3 is 5.97 Å². The van der Waals surface area contributed by atoms with Gasteiger partial charge in [0.05, 0.1) is 13.7 Å². The number of para-hydroxylation sites is 1. The third-order valence-electron chi connectivity index (χ3n) is 6.13. The SMILES string of the molecule is CCN(Cc1ccc(C(C)(C)C)cc1)C(=O)COc1cccc(CCOc2ccccc2C(=O)OC)c1. The van der Waals surface area contributed by atoms with E-state index in [0.717, 1.165) is 11.1 Å². The fraction of sp³-hybridized carbons (Fsp3) is 0.355. The first-order valence-electron chi connectivity index (χ1n) is 12.6. The van der Waals surface area contributed by atoms with Crippen molar-refractivity contribution >= 4 is 11.9 Å². The summed E-state index contributed by atoms with van der Waals surface area (Å²) in [5.74, 6) is 0.626. The molecule has 3 aromatic rings. The second-order valence-corrected chi connectivity index (χ2v) is 9.88. The van der Waals surface area contributed by atoms with Crippen LogP contribution in [0, 0.1) is 0 Å². The molecule has 0 aliphatic carbocycles. The van der Waals surface area contributed by atoms with Crippen molar-refractivity contribution in [3.8, 4) is 11.5 Å². The minimum absolute atomic E-state index is 0.0274. The highest BCUT2D eigenvalue weighted by atomic mass is 16.5. The van der Waals surface area contributed by atoms with Crippen LogP contribution in [0.5, 0.6) is 11.5 Å². The van der Waals surface area contributed by atoms with Crippen LogP contribution in [0.4, 0.5) is 0 Å². The van der Waals surface area contributed by atoms with Gasteiger partial charge in [-0.15, -0.1) is 0 Å². The maximum atomic E-state index is 12.8. The van der Waals surface area contributed by atoms with Crippen molar-refractivity contribution in [2.75, 3.05) is 26.9 Å². The number of hydrogen-bond donors (Lipinski definition) is 0. The van der Waals surface area contributed by atoms with Crippen LogP contribution in [-0.4, -0.2) is 43.6 Å². The lowest BCUT2D eigenvalue weighted by atomic mass is 9.87. The standard InChI is InChI=1S/C31H37NO5/c1-6-32(21-24-14-16-25(17-15-24)31(2,3)4)29(33)22-37-26-11-9-10-23(20-26)18-19-36-28-13-8-7-12-27(28)30(34)35-5/h7-17,20H,6,18-19,21-22H2,1-5H3. The summed E-state index contributed by atoms with van der Waals surface area (Å²) in [6, 6.07) is 23.1. The third-order valence-corrected chi connectivity index (χ3v) is 6.13. The molecule has 0 unspecified atom stereocenters. The monoisotopic (exact) mass is 503 g/mol. The Bertz CT molecular complexity index is 1180. The number of rotatable bonds is 11. The zero-order valence-electron chi connectivity index (χ0n) is 22.5. The minimum Gasteiger partial charge on any atom is -0.492 e. The van der Waals surface area contributed by atoms with Gasteiger partial charge in [0.2, 0.25) is 0 Å². The molecule has 0 saturated heterocycles. The lowest BCUT2D eigenvalue weighted by Gasteiger charge is -2.23. The summed E-state index contributed by atoms with van der Waals surface area (Å²) >= 11 is 0. The second-order valence-electron chi connectivity index (χ2n) is 9.88. The van der Waals surface area contributed by atoms with E-state index in [-0.39, 0.29) is 17.9 Å². The molecule has 0 aromatic heterocycles. The molecule has 6 nitrogen and oxygen atoms in total. The van der Waals surface area contributed by atoms with Crippen molar-refractivity contribution in [2.24, 2.45) is 0 Å². The number of carbonyl (C=O) groups excluding carboxylic acids is 2. The maximum absolute atomic E-state index is 12.8. The Hall–Kier alpha value is -3.80. The molecule has 1 amide bonds. The summed E-state index contributed by atoms with van der Waals surface area (Å²) in [5.41, 5.74) is 3.87. The molecular weight excluding hydrogens is 466 g/mol. The van der Waals surface area contributed by atoms with Crippen molar-refractivity contribution in [1.29, 1.82) is 0 Å². The smallest absolute Gasteiger partial charge is 0.341 e. The van der Waals surface area contributed by atoms with Crippen molar-refractivity contribution in [3.63, 3.8) is 0 Å². The number of benzene rings is 3. The van der Waals surface area contributed by atoms with E-state index in [4.69, 9.17) is 14.2 Å². The summed E-state index contributed by atoms with van der Waals surface area (Å²) in [6.45, 7) is 10.0. The van der Waals surface area contributed by atoms with Crippen LogP contribution in [0.3, 0.4) is 0 Å². The number of ether oxygens (including phenoxy) is 3. The fourth-order valence-corrected chi connectivity index (χ4v) is 3.88. The van der Waals surface area contributed by atoms with E-state index in [0.29, 0.717) is 43.2 Å². The van der Waals surface area contributed by atoms with Crippen molar-refractivity contribution in [3.05, 3.63) is 95.1 Å². The first-order valence-corrected chi connectivity index (χ1v) is 12.6. The quantitative estimate of drug-likeness (QED) is 0.309. The Morgan fingerprint density at radius 2 is 1.59 bits per heavy atom. The third kappa shape index (κ3) is 8.10. The van der Waals surface area contributed by atoms with Gasteiger partial charge in [-0.1, -0.05) is 69.3 Å². The zero-order chi connectivity index (χ0) is 26.8. The molecule has 37 heavy (non-hydrogen) atoms. The molecule has 0 aliphatic heterocycles. The van der Waals surface area contributed by atoms with Gasteiger partial charge in [0, 0.05) is 19.5 Å². The van der Waals surface area contributed by atoms with Gasteiger partial charge < -0.3 is 19.1 Å². The highest BCUT2D eigenvalue weighted by molar-refractivity contribution is 5.92. The normalized spacial score (nSPS) is 11.1. The number of carbonyl (C=O) groups is 2. The molecule has 0 N–H and O–H groups in total. The molecule has 0 saturated carbocycles. The van der Waals surface area contributed by atoms with Gasteiger partial charge in [-0.25, -0.2) is 4.79 Å². The van der Waals surface area contributed by atoms with Crippen molar-refractivity contribution in [2.45, 2.75) is 46.1 Å². The Balaban J connectivity index is 1.52. The number of amides is 1. The van der Waals surface area contributed by atoms with Gasteiger partial charge in [0.15, 0.2) is 6.61 Å². The number of hydrogen-bond acceptors (Lipinski definition) is 5. The minimum atomic E-state index is -0.432. The van der Waals surface area contributed by atoms with Crippen LogP contribution in [0.1, 0.15) is 54.7 Å². The Morgan fingerprint density at radius 1 is 0.865 bits per heavy atom.